The predicted molar refractivity (Wildman–Crippen MR) is 74.7 cm³/mol. The van der Waals surface area contributed by atoms with Gasteiger partial charge in [-0.05, 0) is 43.0 Å². The van der Waals surface area contributed by atoms with Crippen molar-refractivity contribution < 1.29 is 0 Å². The lowest BCUT2D eigenvalue weighted by atomic mass is 10.0. The Morgan fingerprint density at radius 1 is 1.35 bits per heavy atom. The minimum absolute atomic E-state index is 0.601. The summed E-state index contributed by atoms with van der Waals surface area (Å²) in [5.74, 6) is 0.601. The van der Waals surface area contributed by atoms with Crippen LogP contribution in [-0.4, -0.2) is 19.1 Å². The maximum atomic E-state index is 3.56. The predicted octanol–water partition coefficient (Wildman–Crippen LogP) is 3.36. The van der Waals surface area contributed by atoms with E-state index in [0.29, 0.717) is 12.0 Å². The third-order valence-electron chi connectivity index (χ3n) is 3.52. The molecule has 2 rings (SSSR count). The quantitative estimate of drug-likeness (QED) is 0.831. The lowest BCUT2D eigenvalue weighted by molar-refractivity contribution is 0.414. The van der Waals surface area contributed by atoms with Gasteiger partial charge in [0, 0.05) is 18.3 Å². The summed E-state index contributed by atoms with van der Waals surface area (Å²) >= 11 is 0. The van der Waals surface area contributed by atoms with Crippen LogP contribution in [0.25, 0.3) is 0 Å². The zero-order valence-electron chi connectivity index (χ0n) is 11.0. The molecule has 1 aromatic rings. The lowest BCUT2D eigenvalue weighted by Gasteiger charge is -2.24. The van der Waals surface area contributed by atoms with Crippen molar-refractivity contribution in [2.75, 3.05) is 18.4 Å². The van der Waals surface area contributed by atoms with Crippen molar-refractivity contribution in [2.24, 2.45) is 0 Å². The highest BCUT2D eigenvalue weighted by Gasteiger charge is 2.11. The molecule has 1 fully saturated rings. The molecule has 2 N–H and O–H groups in total. The molecule has 1 unspecified atom stereocenters. The van der Waals surface area contributed by atoms with Crippen molar-refractivity contribution in [3.05, 3.63) is 29.8 Å². The Hall–Kier alpha value is -1.02. The van der Waals surface area contributed by atoms with Crippen LogP contribution in [-0.2, 0) is 0 Å². The molecule has 0 amide bonds. The van der Waals surface area contributed by atoms with Crippen LogP contribution in [0.4, 0.5) is 5.69 Å². The summed E-state index contributed by atoms with van der Waals surface area (Å²) in [6.45, 7) is 6.70. The van der Waals surface area contributed by atoms with E-state index in [9.17, 15) is 0 Å². The van der Waals surface area contributed by atoms with E-state index < -0.39 is 0 Å². The van der Waals surface area contributed by atoms with Gasteiger partial charge in [-0.2, -0.15) is 0 Å². The fraction of sp³-hybridized carbons (Fsp3) is 0.600. The number of hydrogen-bond acceptors (Lipinski definition) is 2. The second-order valence-corrected chi connectivity index (χ2v) is 5.31. The minimum Gasteiger partial charge on any atom is -0.383 e. The summed E-state index contributed by atoms with van der Waals surface area (Å²) in [4.78, 5) is 0. The van der Waals surface area contributed by atoms with E-state index in [0.717, 1.165) is 6.54 Å². The Bertz CT molecular complexity index is 341. The zero-order chi connectivity index (χ0) is 12.1. The van der Waals surface area contributed by atoms with E-state index in [1.54, 1.807) is 0 Å². The third kappa shape index (κ3) is 3.74. The number of nitrogens with one attached hydrogen (secondary N) is 2. The first-order chi connectivity index (χ1) is 8.25. The Morgan fingerprint density at radius 3 is 2.94 bits per heavy atom. The van der Waals surface area contributed by atoms with Gasteiger partial charge in [0.25, 0.3) is 0 Å². The average molecular weight is 232 g/mol. The molecule has 17 heavy (non-hydrogen) atoms. The Labute approximate surface area is 105 Å². The zero-order valence-corrected chi connectivity index (χ0v) is 11.0. The highest BCUT2D eigenvalue weighted by Crippen LogP contribution is 2.18. The van der Waals surface area contributed by atoms with Gasteiger partial charge < -0.3 is 10.6 Å². The standard InChI is InChI=1S/C15H24N2/c1-12(2)13-6-5-8-14(10-13)17-11-15-7-3-4-9-16-15/h5-6,8,10,12,15-17H,3-4,7,9,11H2,1-2H3. The first kappa shape index (κ1) is 12.4. The lowest BCUT2D eigenvalue weighted by Crippen LogP contribution is -2.39. The molecule has 2 heteroatoms. The van der Waals surface area contributed by atoms with Crippen LogP contribution in [0, 0.1) is 0 Å². The van der Waals surface area contributed by atoms with Crippen molar-refractivity contribution in [3.8, 4) is 0 Å². The minimum atomic E-state index is 0.601. The van der Waals surface area contributed by atoms with Gasteiger partial charge in [0.15, 0.2) is 0 Å². The van der Waals surface area contributed by atoms with Crippen molar-refractivity contribution in [2.45, 2.75) is 45.1 Å². The van der Waals surface area contributed by atoms with E-state index in [2.05, 4.69) is 48.7 Å². The molecular weight excluding hydrogens is 208 g/mol. The summed E-state index contributed by atoms with van der Waals surface area (Å²) in [6.07, 6.45) is 4.00. The van der Waals surface area contributed by atoms with Gasteiger partial charge in [0.2, 0.25) is 0 Å². The molecule has 0 aromatic heterocycles. The van der Waals surface area contributed by atoms with Gasteiger partial charge in [0.05, 0.1) is 0 Å². The molecule has 1 aromatic carbocycles. The molecule has 1 aliphatic rings. The molecular formula is C15H24N2. The first-order valence-electron chi connectivity index (χ1n) is 6.83. The van der Waals surface area contributed by atoms with Crippen LogP contribution < -0.4 is 10.6 Å². The number of piperidine rings is 1. The monoisotopic (exact) mass is 232 g/mol. The van der Waals surface area contributed by atoms with E-state index in [1.807, 2.05) is 0 Å². The normalized spacial score (nSPS) is 20.5. The van der Waals surface area contributed by atoms with Gasteiger partial charge in [0.1, 0.15) is 0 Å². The molecule has 94 valence electrons. The van der Waals surface area contributed by atoms with Gasteiger partial charge in [-0.3, -0.25) is 0 Å². The highest BCUT2D eigenvalue weighted by molar-refractivity contribution is 5.46. The molecule has 1 atom stereocenters. The van der Waals surface area contributed by atoms with Crippen molar-refractivity contribution >= 4 is 5.69 Å². The second kappa shape index (κ2) is 6.06. The van der Waals surface area contributed by atoms with Crippen LogP contribution in [0.1, 0.15) is 44.6 Å². The molecule has 0 spiro atoms. The maximum Gasteiger partial charge on any atom is 0.0343 e. The van der Waals surface area contributed by atoms with Crippen LogP contribution >= 0.6 is 0 Å². The fourth-order valence-corrected chi connectivity index (χ4v) is 2.35. The molecule has 2 nitrogen and oxygen atoms in total. The van der Waals surface area contributed by atoms with Crippen LogP contribution in [0.5, 0.6) is 0 Å². The summed E-state index contributed by atoms with van der Waals surface area (Å²) in [5, 5.41) is 7.11. The van der Waals surface area contributed by atoms with Gasteiger partial charge in [-0.25, -0.2) is 0 Å². The molecule has 0 bridgehead atoms. The van der Waals surface area contributed by atoms with Crippen LogP contribution in [0.3, 0.4) is 0 Å². The SMILES string of the molecule is CC(C)c1cccc(NCC2CCCCN2)c1. The molecule has 0 radical (unpaired) electrons. The number of hydrogen-bond donors (Lipinski definition) is 2. The second-order valence-electron chi connectivity index (χ2n) is 5.31. The van der Waals surface area contributed by atoms with Gasteiger partial charge >= 0.3 is 0 Å². The molecule has 1 heterocycles. The van der Waals surface area contributed by atoms with Crippen molar-refractivity contribution in [1.82, 2.24) is 5.32 Å². The fourth-order valence-electron chi connectivity index (χ4n) is 2.35. The topological polar surface area (TPSA) is 24.1 Å². The van der Waals surface area contributed by atoms with E-state index in [-0.39, 0.29) is 0 Å². The summed E-state index contributed by atoms with van der Waals surface area (Å²) in [5.41, 5.74) is 2.66. The summed E-state index contributed by atoms with van der Waals surface area (Å²) < 4.78 is 0. The molecule has 1 saturated heterocycles. The van der Waals surface area contributed by atoms with Crippen molar-refractivity contribution in [1.29, 1.82) is 0 Å². The smallest absolute Gasteiger partial charge is 0.0343 e. The van der Waals surface area contributed by atoms with E-state index in [1.165, 1.54) is 37.1 Å². The molecule has 0 saturated carbocycles. The largest absolute Gasteiger partial charge is 0.383 e. The highest BCUT2D eigenvalue weighted by atomic mass is 15.0. The van der Waals surface area contributed by atoms with Gasteiger partial charge in [-0.1, -0.05) is 32.4 Å². The Kier molecular flexibility index (Phi) is 4.43. The van der Waals surface area contributed by atoms with Gasteiger partial charge in [-0.15, -0.1) is 0 Å². The summed E-state index contributed by atoms with van der Waals surface area (Å²) in [6, 6.07) is 9.43. The molecule has 0 aliphatic carbocycles. The third-order valence-corrected chi connectivity index (χ3v) is 3.52. The van der Waals surface area contributed by atoms with Crippen LogP contribution in [0.15, 0.2) is 24.3 Å². The van der Waals surface area contributed by atoms with Crippen molar-refractivity contribution in [3.63, 3.8) is 0 Å². The van der Waals surface area contributed by atoms with E-state index >= 15 is 0 Å². The molecule has 1 aliphatic heterocycles. The van der Waals surface area contributed by atoms with E-state index in [4.69, 9.17) is 0 Å². The Balaban J connectivity index is 1.87. The first-order valence-corrected chi connectivity index (χ1v) is 6.83. The number of anilines is 1. The number of benzene rings is 1. The summed E-state index contributed by atoms with van der Waals surface area (Å²) in [7, 11) is 0. The maximum absolute atomic E-state index is 3.56. The van der Waals surface area contributed by atoms with Crippen LogP contribution in [0.2, 0.25) is 0 Å². The Morgan fingerprint density at radius 2 is 2.24 bits per heavy atom. The number of rotatable bonds is 4. The average Bonchev–Trinajstić information content (AvgIpc) is 2.38.